The van der Waals surface area contributed by atoms with Gasteiger partial charge in [0.05, 0.1) is 0 Å². The molecule has 0 unspecified atom stereocenters. The lowest BCUT2D eigenvalue weighted by Gasteiger charge is -2.16. The summed E-state index contributed by atoms with van der Waals surface area (Å²) in [4.78, 5) is 7.65. The lowest BCUT2D eigenvalue weighted by atomic mass is 9.97. The van der Waals surface area contributed by atoms with Crippen LogP contribution in [0.4, 0.5) is 13.2 Å². The number of hydrogen-bond donors (Lipinski definition) is 0. The zero-order valence-corrected chi connectivity index (χ0v) is 9.20. The fourth-order valence-corrected chi connectivity index (χ4v) is 2.16. The first-order valence-corrected chi connectivity index (χ1v) is 5.44. The Morgan fingerprint density at radius 1 is 1.12 bits per heavy atom. The summed E-state index contributed by atoms with van der Waals surface area (Å²) >= 11 is 5.86. The molecule has 2 rings (SSSR count). The number of alkyl halides is 3. The Balaban J connectivity index is 2.32. The molecule has 1 aromatic rings. The maximum atomic E-state index is 12.2. The number of fused-ring (bicyclic) bond motifs is 1. The van der Waals surface area contributed by atoms with E-state index in [2.05, 4.69) is 9.97 Å². The summed E-state index contributed by atoms with van der Waals surface area (Å²) < 4.78 is 36.5. The molecule has 0 spiro atoms. The van der Waals surface area contributed by atoms with Crippen LogP contribution in [0.5, 0.6) is 0 Å². The largest absolute Gasteiger partial charge is 0.396 e. The van der Waals surface area contributed by atoms with E-state index in [-0.39, 0.29) is 11.0 Å². The second kappa shape index (κ2) is 4.20. The van der Waals surface area contributed by atoms with Gasteiger partial charge in [-0.05, 0) is 25.7 Å². The second-order valence-corrected chi connectivity index (χ2v) is 4.21. The van der Waals surface area contributed by atoms with Crippen molar-refractivity contribution in [3.05, 3.63) is 22.2 Å². The van der Waals surface area contributed by atoms with Crippen LogP contribution in [0.2, 0.25) is 5.15 Å². The van der Waals surface area contributed by atoms with Gasteiger partial charge in [-0.3, -0.25) is 0 Å². The van der Waals surface area contributed by atoms with E-state index in [1.54, 1.807) is 0 Å². The van der Waals surface area contributed by atoms with Crippen LogP contribution < -0.4 is 0 Å². The molecule has 1 aliphatic carbocycles. The van der Waals surface area contributed by atoms with Crippen LogP contribution >= 0.6 is 11.6 Å². The molecule has 0 fully saturated rings. The van der Waals surface area contributed by atoms with Crippen molar-refractivity contribution in [3.8, 4) is 0 Å². The molecule has 88 valence electrons. The van der Waals surface area contributed by atoms with Gasteiger partial charge in [-0.25, -0.2) is 9.97 Å². The summed E-state index contributed by atoms with van der Waals surface area (Å²) in [6, 6.07) is 0. The standard InChI is InChI=1S/C10H10ClF3N2/c11-9-6-3-1-2-4-7(6)15-8(16-9)5-10(12,13)14/h1-5H2. The molecule has 1 heterocycles. The normalized spacial score (nSPS) is 16.0. The van der Waals surface area contributed by atoms with E-state index in [0.29, 0.717) is 12.1 Å². The second-order valence-electron chi connectivity index (χ2n) is 3.85. The summed E-state index contributed by atoms with van der Waals surface area (Å²) in [5.74, 6) is -0.224. The highest BCUT2D eigenvalue weighted by Gasteiger charge is 2.30. The van der Waals surface area contributed by atoms with Crippen molar-refractivity contribution in [1.29, 1.82) is 0 Å². The SMILES string of the molecule is FC(F)(F)Cc1nc(Cl)c2c(n1)CCCC2. The number of rotatable bonds is 1. The highest BCUT2D eigenvalue weighted by molar-refractivity contribution is 6.30. The minimum atomic E-state index is -4.29. The van der Waals surface area contributed by atoms with Gasteiger partial charge in [0.1, 0.15) is 17.4 Å². The zero-order valence-electron chi connectivity index (χ0n) is 8.44. The lowest BCUT2D eigenvalue weighted by Crippen LogP contribution is -2.17. The van der Waals surface area contributed by atoms with Crippen LogP contribution in [-0.2, 0) is 19.3 Å². The Hall–Kier alpha value is -0.840. The molecule has 0 atom stereocenters. The molecule has 0 saturated heterocycles. The number of hydrogen-bond acceptors (Lipinski definition) is 2. The predicted octanol–water partition coefficient (Wildman–Crippen LogP) is 3.11. The third-order valence-corrected chi connectivity index (χ3v) is 2.85. The average Bonchev–Trinajstić information content (AvgIpc) is 2.15. The number of halogens is 4. The molecular formula is C10H10ClF3N2. The average molecular weight is 251 g/mol. The van der Waals surface area contributed by atoms with Gasteiger partial charge in [0, 0.05) is 11.3 Å². The Bertz CT molecular complexity index is 404. The Labute approximate surface area is 95.9 Å². The smallest absolute Gasteiger partial charge is 0.237 e. The summed E-state index contributed by atoms with van der Waals surface area (Å²) in [5, 5.41) is 0.184. The Morgan fingerprint density at radius 2 is 1.81 bits per heavy atom. The molecule has 0 amide bonds. The number of aromatic nitrogens is 2. The maximum absolute atomic E-state index is 12.2. The summed E-state index contributed by atoms with van der Waals surface area (Å²) in [6.45, 7) is 0. The summed E-state index contributed by atoms with van der Waals surface area (Å²) in [7, 11) is 0. The molecule has 0 saturated carbocycles. The van der Waals surface area contributed by atoms with Crippen LogP contribution in [0, 0.1) is 0 Å². The van der Waals surface area contributed by atoms with Crippen molar-refractivity contribution in [3.63, 3.8) is 0 Å². The van der Waals surface area contributed by atoms with Gasteiger partial charge < -0.3 is 0 Å². The lowest BCUT2D eigenvalue weighted by molar-refractivity contribution is -0.128. The van der Waals surface area contributed by atoms with E-state index in [9.17, 15) is 13.2 Å². The molecule has 1 aromatic heterocycles. The topological polar surface area (TPSA) is 25.8 Å². The molecule has 0 aliphatic heterocycles. The molecular weight excluding hydrogens is 241 g/mol. The summed E-state index contributed by atoms with van der Waals surface area (Å²) in [6.07, 6.45) is -1.99. The first kappa shape index (κ1) is 11.6. The summed E-state index contributed by atoms with van der Waals surface area (Å²) in [5.41, 5.74) is 1.50. The van der Waals surface area contributed by atoms with Gasteiger partial charge in [0.2, 0.25) is 0 Å². The van der Waals surface area contributed by atoms with Crippen LogP contribution in [-0.4, -0.2) is 16.1 Å². The first-order valence-electron chi connectivity index (χ1n) is 5.06. The van der Waals surface area contributed by atoms with E-state index in [4.69, 9.17) is 11.6 Å². The van der Waals surface area contributed by atoms with Gasteiger partial charge in [0.25, 0.3) is 0 Å². The number of nitrogens with zero attached hydrogens (tertiary/aromatic N) is 2. The highest BCUT2D eigenvalue weighted by Crippen LogP contribution is 2.27. The molecule has 0 N–H and O–H groups in total. The van der Waals surface area contributed by atoms with Gasteiger partial charge >= 0.3 is 6.18 Å². The minimum Gasteiger partial charge on any atom is -0.237 e. The highest BCUT2D eigenvalue weighted by atomic mass is 35.5. The van der Waals surface area contributed by atoms with Crippen molar-refractivity contribution >= 4 is 11.6 Å². The van der Waals surface area contributed by atoms with E-state index in [1.165, 1.54) is 0 Å². The van der Waals surface area contributed by atoms with Gasteiger partial charge in [0.15, 0.2) is 0 Å². The van der Waals surface area contributed by atoms with Crippen LogP contribution in [0.1, 0.15) is 29.9 Å². The van der Waals surface area contributed by atoms with Gasteiger partial charge in [-0.1, -0.05) is 11.6 Å². The molecule has 0 radical (unpaired) electrons. The molecule has 0 bridgehead atoms. The third-order valence-electron chi connectivity index (χ3n) is 2.54. The maximum Gasteiger partial charge on any atom is 0.396 e. The molecule has 16 heavy (non-hydrogen) atoms. The Kier molecular flexibility index (Phi) is 3.06. The first-order chi connectivity index (χ1) is 7.46. The van der Waals surface area contributed by atoms with Gasteiger partial charge in [-0.2, -0.15) is 13.2 Å². The molecule has 2 nitrogen and oxygen atoms in total. The fourth-order valence-electron chi connectivity index (χ4n) is 1.85. The third kappa shape index (κ3) is 2.64. The van der Waals surface area contributed by atoms with E-state index in [1.807, 2.05) is 0 Å². The van der Waals surface area contributed by atoms with Gasteiger partial charge in [-0.15, -0.1) is 0 Å². The predicted molar refractivity (Wildman–Crippen MR) is 53.4 cm³/mol. The zero-order chi connectivity index (χ0) is 11.8. The quantitative estimate of drug-likeness (QED) is 0.716. The molecule has 1 aliphatic rings. The van der Waals surface area contributed by atoms with E-state index in [0.717, 1.165) is 24.8 Å². The van der Waals surface area contributed by atoms with Crippen molar-refractivity contribution < 1.29 is 13.2 Å². The van der Waals surface area contributed by atoms with Crippen molar-refractivity contribution in [2.45, 2.75) is 38.3 Å². The van der Waals surface area contributed by atoms with Crippen LogP contribution in [0.3, 0.4) is 0 Å². The van der Waals surface area contributed by atoms with Crippen LogP contribution in [0.25, 0.3) is 0 Å². The Morgan fingerprint density at radius 3 is 2.50 bits per heavy atom. The molecule has 0 aromatic carbocycles. The monoisotopic (exact) mass is 250 g/mol. The number of aryl methyl sites for hydroxylation is 1. The van der Waals surface area contributed by atoms with Crippen molar-refractivity contribution in [1.82, 2.24) is 9.97 Å². The van der Waals surface area contributed by atoms with Crippen molar-refractivity contribution in [2.24, 2.45) is 0 Å². The van der Waals surface area contributed by atoms with E-state index < -0.39 is 12.6 Å². The minimum absolute atomic E-state index is 0.184. The van der Waals surface area contributed by atoms with Crippen molar-refractivity contribution in [2.75, 3.05) is 0 Å². The fraction of sp³-hybridized carbons (Fsp3) is 0.600. The van der Waals surface area contributed by atoms with Crippen LogP contribution in [0.15, 0.2) is 0 Å². The van der Waals surface area contributed by atoms with E-state index >= 15 is 0 Å². The molecule has 6 heteroatoms.